The molecule has 0 atom stereocenters. The number of thiophene rings is 1. The van der Waals surface area contributed by atoms with Crippen LogP contribution in [0, 0.1) is 0 Å². The molecule has 1 N–H and O–H groups in total. The van der Waals surface area contributed by atoms with E-state index in [0.717, 1.165) is 25.5 Å². The molecule has 0 aliphatic carbocycles. The van der Waals surface area contributed by atoms with Gasteiger partial charge in [0.2, 0.25) is 0 Å². The molecule has 0 aliphatic heterocycles. The van der Waals surface area contributed by atoms with Gasteiger partial charge in [-0.3, -0.25) is 4.79 Å². The number of ketones is 1. The monoisotopic (exact) mass is 309 g/mol. The highest BCUT2D eigenvalue weighted by molar-refractivity contribution is 9.10. The second-order valence-corrected chi connectivity index (χ2v) is 5.63. The third kappa shape index (κ3) is 2.58. The number of Topliss-reactive ketones (excluding diaryl/α,β-unsaturated/α-hetero) is 1. The largest absolute Gasteiger partial charge is 0.379 e. The molecule has 0 bridgehead atoms. The fourth-order valence-corrected chi connectivity index (χ4v) is 2.92. The Hall–Kier alpha value is -1.13. The lowest BCUT2D eigenvalue weighted by atomic mass is 10.1. The van der Waals surface area contributed by atoms with Crippen molar-refractivity contribution in [3.8, 4) is 10.4 Å². The van der Waals surface area contributed by atoms with Crippen molar-refractivity contribution >= 4 is 38.1 Å². The molecule has 4 heteroatoms. The number of hydrogen-bond acceptors (Lipinski definition) is 3. The van der Waals surface area contributed by atoms with Gasteiger partial charge in [-0.05, 0) is 30.7 Å². The molecule has 2 rings (SSSR count). The normalized spacial score (nSPS) is 10.3. The maximum absolute atomic E-state index is 11.5. The van der Waals surface area contributed by atoms with E-state index in [2.05, 4.69) is 21.2 Å². The lowest BCUT2D eigenvalue weighted by molar-refractivity contribution is 0.101. The van der Waals surface area contributed by atoms with Crippen LogP contribution in [0.1, 0.15) is 17.3 Å². The van der Waals surface area contributed by atoms with Crippen LogP contribution in [0.3, 0.4) is 0 Å². The molecule has 0 amide bonds. The highest BCUT2D eigenvalue weighted by Gasteiger charge is 2.12. The number of carbonyl (C=O) groups excluding carboxylic acids is 1. The van der Waals surface area contributed by atoms with Crippen LogP contribution < -0.4 is 5.32 Å². The molecule has 0 spiro atoms. The van der Waals surface area contributed by atoms with Gasteiger partial charge < -0.3 is 5.32 Å². The number of rotatable bonds is 3. The molecule has 88 valence electrons. The zero-order chi connectivity index (χ0) is 12.4. The molecular formula is C13H12BrNOS. The predicted molar refractivity (Wildman–Crippen MR) is 77.0 cm³/mol. The molecule has 2 aromatic rings. The molecule has 17 heavy (non-hydrogen) atoms. The Kier molecular flexibility index (Phi) is 3.64. The van der Waals surface area contributed by atoms with Crippen LogP contribution in [0.2, 0.25) is 0 Å². The average molecular weight is 310 g/mol. The maximum Gasteiger partial charge on any atom is 0.162 e. The highest BCUT2D eigenvalue weighted by Crippen LogP contribution is 2.35. The van der Waals surface area contributed by atoms with E-state index in [0.29, 0.717) is 0 Å². The van der Waals surface area contributed by atoms with Crippen molar-refractivity contribution in [3.05, 3.63) is 40.4 Å². The first-order valence-electron chi connectivity index (χ1n) is 5.20. The van der Waals surface area contributed by atoms with Crippen molar-refractivity contribution in [2.75, 3.05) is 12.4 Å². The van der Waals surface area contributed by atoms with Crippen molar-refractivity contribution in [1.29, 1.82) is 0 Å². The quantitative estimate of drug-likeness (QED) is 0.850. The predicted octanol–water partition coefficient (Wildman–Crippen LogP) is 4.42. The maximum atomic E-state index is 11.5. The zero-order valence-electron chi connectivity index (χ0n) is 9.58. The highest BCUT2D eigenvalue weighted by atomic mass is 79.9. The fraction of sp³-hybridized carbons (Fsp3) is 0.154. The molecule has 0 radical (unpaired) electrons. The number of halogens is 1. The molecule has 0 saturated carbocycles. The molecule has 0 unspecified atom stereocenters. The lowest BCUT2D eigenvalue weighted by Crippen LogP contribution is -1.94. The summed E-state index contributed by atoms with van der Waals surface area (Å²) in [7, 11) is 1.84. The topological polar surface area (TPSA) is 29.1 Å². The van der Waals surface area contributed by atoms with Gasteiger partial charge in [0.05, 0.1) is 10.6 Å². The van der Waals surface area contributed by atoms with Gasteiger partial charge in [-0.25, -0.2) is 0 Å². The van der Waals surface area contributed by atoms with Crippen molar-refractivity contribution < 1.29 is 4.79 Å². The number of anilines is 1. The number of hydrogen-bond donors (Lipinski definition) is 1. The van der Waals surface area contributed by atoms with E-state index in [9.17, 15) is 4.79 Å². The van der Waals surface area contributed by atoms with E-state index >= 15 is 0 Å². The number of nitrogens with one attached hydrogen (secondary N) is 1. The summed E-state index contributed by atoms with van der Waals surface area (Å²) in [5.41, 5.74) is 1.89. The average Bonchev–Trinajstić information content (AvgIpc) is 2.74. The standard InChI is InChI=1S/C13H12BrNOS/c1-8(16)11-7-12(17-13(11)15-2)9-3-5-10(14)6-4-9/h3-7,15H,1-2H3. The minimum absolute atomic E-state index is 0.0916. The van der Waals surface area contributed by atoms with Crippen LogP contribution in [0.5, 0.6) is 0 Å². The zero-order valence-corrected chi connectivity index (χ0v) is 12.0. The Bertz CT molecular complexity index is 545. The first kappa shape index (κ1) is 12.3. The van der Waals surface area contributed by atoms with E-state index in [1.807, 2.05) is 37.4 Å². The molecule has 0 aliphatic rings. The summed E-state index contributed by atoms with van der Waals surface area (Å²) in [5.74, 6) is 0.0916. The van der Waals surface area contributed by atoms with Gasteiger partial charge in [0.25, 0.3) is 0 Å². The van der Waals surface area contributed by atoms with Crippen LogP contribution in [0.15, 0.2) is 34.8 Å². The number of benzene rings is 1. The van der Waals surface area contributed by atoms with Crippen molar-refractivity contribution in [3.63, 3.8) is 0 Å². The summed E-state index contributed by atoms with van der Waals surface area (Å²) in [5, 5.41) is 3.99. The van der Waals surface area contributed by atoms with E-state index in [4.69, 9.17) is 0 Å². The molecule has 1 aromatic heterocycles. The SMILES string of the molecule is CNc1sc(-c2ccc(Br)cc2)cc1C(C)=O. The first-order valence-corrected chi connectivity index (χ1v) is 6.81. The molecule has 2 nitrogen and oxygen atoms in total. The Morgan fingerprint density at radius 3 is 2.41 bits per heavy atom. The summed E-state index contributed by atoms with van der Waals surface area (Å²) >= 11 is 5.01. The van der Waals surface area contributed by atoms with Crippen LogP contribution in [-0.2, 0) is 0 Å². The van der Waals surface area contributed by atoms with Gasteiger partial charge in [0.15, 0.2) is 5.78 Å². The molecule has 0 saturated heterocycles. The first-order chi connectivity index (χ1) is 8.11. The van der Waals surface area contributed by atoms with Crippen molar-refractivity contribution in [1.82, 2.24) is 0 Å². The summed E-state index contributed by atoms with van der Waals surface area (Å²) in [4.78, 5) is 12.6. The van der Waals surface area contributed by atoms with Gasteiger partial charge in [0, 0.05) is 16.4 Å². The third-order valence-electron chi connectivity index (χ3n) is 2.47. The molecule has 1 aromatic carbocycles. The van der Waals surface area contributed by atoms with Gasteiger partial charge in [-0.2, -0.15) is 0 Å². The summed E-state index contributed by atoms with van der Waals surface area (Å²) in [6.45, 7) is 1.59. The van der Waals surface area contributed by atoms with Gasteiger partial charge in [-0.1, -0.05) is 28.1 Å². The second-order valence-electron chi connectivity index (χ2n) is 3.67. The van der Waals surface area contributed by atoms with Crippen molar-refractivity contribution in [2.45, 2.75) is 6.92 Å². The number of carbonyl (C=O) groups is 1. The molecule has 0 fully saturated rings. The Morgan fingerprint density at radius 2 is 1.94 bits per heavy atom. The van der Waals surface area contributed by atoms with Crippen molar-refractivity contribution in [2.24, 2.45) is 0 Å². The van der Waals surface area contributed by atoms with Gasteiger partial charge in [0.1, 0.15) is 0 Å². The molecular weight excluding hydrogens is 298 g/mol. The minimum atomic E-state index is 0.0916. The van der Waals surface area contributed by atoms with E-state index in [1.165, 1.54) is 0 Å². The Labute approximate surface area is 113 Å². The van der Waals surface area contributed by atoms with E-state index in [1.54, 1.807) is 18.3 Å². The summed E-state index contributed by atoms with van der Waals surface area (Å²) in [6.07, 6.45) is 0. The lowest BCUT2D eigenvalue weighted by Gasteiger charge is -1.97. The van der Waals surface area contributed by atoms with Crippen LogP contribution in [-0.4, -0.2) is 12.8 Å². The smallest absolute Gasteiger partial charge is 0.162 e. The van der Waals surface area contributed by atoms with Gasteiger partial charge >= 0.3 is 0 Å². The van der Waals surface area contributed by atoms with E-state index in [-0.39, 0.29) is 5.78 Å². The Morgan fingerprint density at radius 1 is 1.29 bits per heavy atom. The fourth-order valence-electron chi connectivity index (χ4n) is 1.59. The molecule has 1 heterocycles. The van der Waals surface area contributed by atoms with Gasteiger partial charge in [-0.15, -0.1) is 11.3 Å². The van der Waals surface area contributed by atoms with Crippen LogP contribution >= 0.6 is 27.3 Å². The van der Waals surface area contributed by atoms with Crippen LogP contribution in [0.25, 0.3) is 10.4 Å². The van der Waals surface area contributed by atoms with E-state index < -0.39 is 0 Å². The Balaban J connectivity index is 2.46. The summed E-state index contributed by atoms with van der Waals surface area (Å²) < 4.78 is 1.05. The second kappa shape index (κ2) is 5.02. The minimum Gasteiger partial charge on any atom is -0.379 e. The van der Waals surface area contributed by atoms with Crippen LogP contribution in [0.4, 0.5) is 5.00 Å². The summed E-state index contributed by atoms with van der Waals surface area (Å²) in [6, 6.07) is 10.0. The third-order valence-corrected chi connectivity index (χ3v) is 4.20.